The van der Waals surface area contributed by atoms with E-state index in [1.54, 1.807) is 12.7 Å². The minimum Gasteiger partial charge on any atom is -0.364 e. The lowest BCUT2D eigenvalue weighted by Gasteiger charge is -2.26. The van der Waals surface area contributed by atoms with Crippen LogP contribution in [-0.2, 0) is 11.3 Å². The highest BCUT2D eigenvalue weighted by Crippen LogP contribution is 2.27. The van der Waals surface area contributed by atoms with E-state index in [2.05, 4.69) is 27.2 Å². The molecular weight excluding hydrogens is 316 g/mol. The molecule has 1 saturated heterocycles. The zero-order valence-corrected chi connectivity index (χ0v) is 14.8. The van der Waals surface area contributed by atoms with Crippen LogP contribution in [0.5, 0.6) is 0 Å². The second-order valence-electron chi connectivity index (χ2n) is 7.17. The molecule has 1 aliphatic carbocycles. The number of hydrogen-bond acceptors (Lipinski definition) is 5. The number of anilines is 1. The topological polar surface area (TPSA) is 75.9 Å². The lowest BCUT2D eigenvalue weighted by molar-refractivity contribution is -0.135. The highest BCUT2D eigenvalue weighted by Gasteiger charge is 2.31. The molecule has 3 heterocycles. The summed E-state index contributed by atoms with van der Waals surface area (Å²) >= 11 is 0. The van der Waals surface area contributed by atoms with Gasteiger partial charge in [0.25, 0.3) is 0 Å². The summed E-state index contributed by atoms with van der Waals surface area (Å²) in [4.78, 5) is 27.9. The van der Waals surface area contributed by atoms with E-state index < -0.39 is 0 Å². The van der Waals surface area contributed by atoms with Gasteiger partial charge >= 0.3 is 0 Å². The van der Waals surface area contributed by atoms with Gasteiger partial charge in [0.15, 0.2) is 11.5 Å². The maximum Gasteiger partial charge on any atom is 0.225 e. The van der Waals surface area contributed by atoms with Crippen LogP contribution in [0, 0.1) is 5.92 Å². The van der Waals surface area contributed by atoms with Crippen LogP contribution in [0.3, 0.4) is 0 Å². The number of aryl methyl sites for hydroxylation is 1. The number of nitrogens with one attached hydrogen (secondary N) is 1. The van der Waals surface area contributed by atoms with Gasteiger partial charge in [-0.25, -0.2) is 15.0 Å². The highest BCUT2D eigenvalue weighted by molar-refractivity contribution is 5.83. The molecule has 1 atom stereocenters. The number of nitrogens with zero attached hydrogens (tertiary/aromatic N) is 5. The number of imidazole rings is 1. The molecule has 2 aromatic heterocycles. The van der Waals surface area contributed by atoms with E-state index >= 15 is 0 Å². The molecule has 2 aliphatic rings. The number of carbonyl (C=O) groups is 1. The summed E-state index contributed by atoms with van der Waals surface area (Å²) in [5.74, 6) is 1.37. The van der Waals surface area contributed by atoms with Crippen LogP contribution in [-0.4, -0.2) is 49.5 Å². The first-order valence-corrected chi connectivity index (χ1v) is 9.47. The smallest absolute Gasteiger partial charge is 0.225 e. The van der Waals surface area contributed by atoms with Crippen molar-refractivity contribution in [1.29, 1.82) is 0 Å². The third kappa shape index (κ3) is 3.19. The summed E-state index contributed by atoms with van der Waals surface area (Å²) < 4.78 is 2.01. The number of fused-ring (bicyclic) bond motifs is 1. The molecule has 7 heteroatoms. The van der Waals surface area contributed by atoms with Crippen molar-refractivity contribution >= 4 is 22.9 Å². The van der Waals surface area contributed by atoms with Crippen LogP contribution in [0.1, 0.15) is 45.4 Å². The van der Waals surface area contributed by atoms with Crippen LogP contribution in [0.25, 0.3) is 11.2 Å². The van der Waals surface area contributed by atoms with Gasteiger partial charge in [-0.3, -0.25) is 4.79 Å². The lowest BCUT2D eigenvalue weighted by atomic mass is 9.88. The van der Waals surface area contributed by atoms with Crippen LogP contribution in [0.2, 0.25) is 0 Å². The number of aromatic nitrogens is 4. The number of amides is 1. The van der Waals surface area contributed by atoms with Gasteiger partial charge in [-0.2, -0.15) is 0 Å². The maximum atomic E-state index is 12.7. The second kappa shape index (κ2) is 6.98. The normalized spacial score (nSPS) is 21.8. The Morgan fingerprint density at radius 2 is 2.04 bits per heavy atom. The molecule has 2 fully saturated rings. The van der Waals surface area contributed by atoms with Crippen molar-refractivity contribution in [1.82, 2.24) is 24.4 Å². The van der Waals surface area contributed by atoms with Crippen molar-refractivity contribution in [2.45, 2.75) is 58.0 Å². The Hall–Kier alpha value is -2.18. The van der Waals surface area contributed by atoms with Crippen molar-refractivity contribution in [2.24, 2.45) is 5.92 Å². The number of carbonyl (C=O) groups excluding carboxylic acids is 1. The molecule has 1 unspecified atom stereocenters. The Labute approximate surface area is 147 Å². The van der Waals surface area contributed by atoms with Gasteiger partial charge in [-0.15, -0.1) is 0 Å². The zero-order chi connectivity index (χ0) is 17.2. The standard InChI is InChI=1S/C18H26N6O/c1-2-23-12-21-15-16(19-11-20-17(15)23)22-14-8-9-24(10-14)18(25)13-6-4-3-5-7-13/h11-14H,2-10H2,1H3,(H,19,20,22). The van der Waals surface area contributed by atoms with Gasteiger partial charge in [0.2, 0.25) is 5.91 Å². The van der Waals surface area contributed by atoms with Crippen molar-refractivity contribution in [3.8, 4) is 0 Å². The second-order valence-corrected chi connectivity index (χ2v) is 7.17. The lowest BCUT2D eigenvalue weighted by Crippen LogP contribution is -2.36. The van der Waals surface area contributed by atoms with E-state index in [9.17, 15) is 4.79 Å². The molecular formula is C18H26N6O. The summed E-state index contributed by atoms with van der Waals surface area (Å²) in [6.45, 7) is 4.50. The van der Waals surface area contributed by atoms with Crippen LogP contribution >= 0.6 is 0 Å². The van der Waals surface area contributed by atoms with Crippen molar-refractivity contribution in [2.75, 3.05) is 18.4 Å². The van der Waals surface area contributed by atoms with Crippen molar-refractivity contribution in [3.63, 3.8) is 0 Å². The number of rotatable bonds is 4. The zero-order valence-electron chi connectivity index (χ0n) is 14.8. The summed E-state index contributed by atoms with van der Waals surface area (Å²) in [5.41, 5.74) is 1.66. The summed E-state index contributed by atoms with van der Waals surface area (Å²) in [5, 5.41) is 3.49. The Kier molecular flexibility index (Phi) is 4.55. The fourth-order valence-corrected chi connectivity index (χ4v) is 4.10. The van der Waals surface area contributed by atoms with Crippen LogP contribution in [0.15, 0.2) is 12.7 Å². The fraction of sp³-hybridized carbons (Fsp3) is 0.667. The minimum atomic E-state index is 0.234. The summed E-state index contributed by atoms with van der Waals surface area (Å²) in [6.07, 6.45) is 10.1. The molecule has 1 amide bonds. The molecule has 0 radical (unpaired) electrons. The first kappa shape index (κ1) is 16.3. The van der Waals surface area contributed by atoms with E-state index in [1.807, 2.05) is 9.47 Å². The maximum absolute atomic E-state index is 12.7. The van der Waals surface area contributed by atoms with Gasteiger partial charge in [-0.1, -0.05) is 19.3 Å². The molecule has 0 bridgehead atoms. The molecule has 25 heavy (non-hydrogen) atoms. The average molecular weight is 342 g/mol. The predicted molar refractivity (Wildman–Crippen MR) is 96.2 cm³/mol. The predicted octanol–water partition coefficient (Wildman–Crippen LogP) is 2.44. The minimum absolute atomic E-state index is 0.234. The average Bonchev–Trinajstić information content (AvgIpc) is 3.29. The largest absolute Gasteiger partial charge is 0.364 e. The first-order chi connectivity index (χ1) is 12.3. The molecule has 0 spiro atoms. The Bertz CT molecular complexity index is 751. The monoisotopic (exact) mass is 342 g/mol. The Morgan fingerprint density at radius 3 is 2.84 bits per heavy atom. The molecule has 2 aromatic rings. The van der Waals surface area contributed by atoms with E-state index in [1.165, 1.54) is 19.3 Å². The van der Waals surface area contributed by atoms with Crippen LogP contribution in [0.4, 0.5) is 5.82 Å². The van der Waals surface area contributed by atoms with E-state index in [-0.39, 0.29) is 12.0 Å². The van der Waals surface area contributed by atoms with Crippen LogP contribution < -0.4 is 5.32 Å². The van der Waals surface area contributed by atoms with E-state index in [4.69, 9.17) is 0 Å². The third-order valence-corrected chi connectivity index (χ3v) is 5.54. The Balaban J connectivity index is 1.43. The number of likely N-dealkylation sites (tertiary alicyclic amines) is 1. The SMILES string of the molecule is CCn1cnc2c(NC3CCN(C(=O)C4CCCCC4)C3)ncnc21. The molecule has 0 aromatic carbocycles. The van der Waals surface area contributed by atoms with Gasteiger partial charge in [0.1, 0.15) is 11.8 Å². The third-order valence-electron chi connectivity index (χ3n) is 5.54. The molecule has 4 rings (SSSR count). The van der Waals surface area contributed by atoms with Gasteiger partial charge < -0.3 is 14.8 Å². The van der Waals surface area contributed by atoms with Gasteiger partial charge in [0, 0.05) is 31.6 Å². The van der Waals surface area contributed by atoms with Crippen molar-refractivity contribution in [3.05, 3.63) is 12.7 Å². The summed E-state index contributed by atoms with van der Waals surface area (Å²) in [7, 11) is 0. The highest BCUT2D eigenvalue weighted by atomic mass is 16.2. The first-order valence-electron chi connectivity index (χ1n) is 9.47. The quantitative estimate of drug-likeness (QED) is 0.923. The summed E-state index contributed by atoms with van der Waals surface area (Å²) in [6, 6.07) is 0.234. The molecule has 1 aliphatic heterocycles. The van der Waals surface area contributed by atoms with Crippen molar-refractivity contribution < 1.29 is 4.79 Å². The van der Waals surface area contributed by atoms with Gasteiger partial charge in [0.05, 0.1) is 6.33 Å². The van der Waals surface area contributed by atoms with Gasteiger partial charge in [-0.05, 0) is 26.2 Å². The molecule has 1 saturated carbocycles. The van der Waals surface area contributed by atoms with E-state index in [0.29, 0.717) is 5.91 Å². The molecule has 7 nitrogen and oxygen atoms in total. The Morgan fingerprint density at radius 1 is 1.20 bits per heavy atom. The molecule has 1 N–H and O–H groups in total. The number of hydrogen-bond donors (Lipinski definition) is 1. The van der Waals surface area contributed by atoms with E-state index in [0.717, 1.165) is 55.9 Å². The fourth-order valence-electron chi connectivity index (χ4n) is 4.10. The molecule has 134 valence electrons.